The van der Waals surface area contributed by atoms with E-state index in [0.29, 0.717) is 18.8 Å². The number of amides is 1. The van der Waals surface area contributed by atoms with Crippen molar-refractivity contribution in [3.8, 4) is 0 Å². The van der Waals surface area contributed by atoms with Crippen molar-refractivity contribution in [3.63, 3.8) is 0 Å². The molecule has 1 aliphatic rings. The molecule has 1 N–H and O–H groups in total. The van der Waals surface area contributed by atoms with Crippen LogP contribution in [0.2, 0.25) is 0 Å². The monoisotopic (exact) mass is 233 g/mol. The Morgan fingerprint density at radius 3 is 2.47 bits per heavy atom. The Bertz CT molecular complexity index is 348. The predicted molar refractivity (Wildman–Crippen MR) is 59.3 cm³/mol. The van der Waals surface area contributed by atoms with E-state index in [4.69, 9.17) is 0 Å². The van der Waals surface area contributed by atoms with Crippen molar-refractivity contribution in [1.29, 1.82) is 0 Å². The fraction of sp³-hybridized carbons (Fsp3) is 0.900. The highest BCUT2D eigenvalue weighted by molar-refractivity contribution is 7.91. The van der Waals surface area contributed by atoms with Gasteiger partial charge in [-0.1, -0.05) is 13.8 Å². The standard InChI is InChI=1S/C10H19NO3S/c1-8(2)6-9(12)11-10(3)4-5-15(13,14)7-10/h8H,4-7H2,1-3H3,(H,11,12)/t10-/m1/s1. The van der Waals surface area contributed by atoms with Gasteiger partial charge in [0.2, 0.25) is 5.91 Å². The van der Waals surface area contributed by atoms with E-state index in [0.717, 1.165) is 0 Å². The molecule has 1 rings (SSSR count). The van der Waals surface area contributed by atoms with Gasteiger partial charge in [0.05, 0.1) is 17.0 Å². The zero-order chi connectivity index (χ0) is 11.7. The average molecular weight is 233 g/mol. The second-order valence-corrected chi connectivity index (χ2v) is 7.23. The van der Waals surface area contributed by atoms with Gasteiger partial charge in [0, 0.05) is 6.42 Å². The molecular formula is C10H19NO3S. The van der Waals surface area contributed by atoms with Crippen LogP contribution < -0.4 is 5.32 Å². The highest BCUT2D eigenvalue weighted by Gasteiger charge is 2.39. The number of carbonyl (C=O) groups is 1. The van der Waals surface area contributed by atoms with Gasteiger partial charge in [-0.25, -0.2) is 8.42 Å². The largest absolute Gasteiger partial charge is 0.350 e. The quantitative estimate of drug-likeness (QED) is 0.781. The fourth-order valence-electron chi connectivity index (χ4n) is 1.87. The first-order valence-corrected chi connectivity index (χ1v) is 7.06. The summed E-state index contributed by atoms with van der Waals surface area (Å²) in [5.41, 5.74) is -0.551. The van der Waals surface area contributed by atoms with Gasteiger partial charge in [-0.2, -0.15) is 0 Å². The molecule has 1 saturated heterocycles. The van der Waals surface area contributed by atoms with Gasteiger partial charge in [0.1, 0.15) is 0 Å². The van der Waals surface area contributed by atoms with Crippen LogP contribution in [0, 0.1) is 5.92 Å². The maximum atomic E-state index is 11.5. The van der Waals surface area contributed by atoms with Crippen LogP contribution in [0.1, 0.15) is 33.6 Å². The van der Waals surface area contributed by atoms with Gasteiger partial charge >= 0.3 is 0 Å². The maximum absolute atomic E-state index is 11.5. The van der Waals surface area contributed by atoms with Gasteiger partial charge in [-0.15, -0.1) is 0 Å². The lowest BCUT2D eigenvalue weighted by Crippen LogP contribution is -2.47. The Balaban J connectivity index is 2.55. The molecule has 15 heavy (non-hydrogen) atoms. The average Bonchev–Trinajstić information content (AvgIpc) is 2.22. The van der Waals surface area contributed by atoms with E-state index in [1.165, 1.54) is 0 Å². The number of carbonyl (C=O) groups excluding carboxylic acids is 1. The second-order valence-electron chi connectivity index (χ2n) is 5.05. The summed E-state index contributed by atoms with van der Waals surface area (Å²) in [5, 5.41) is 2.82. The molecule has 0 spiro atoms. The molecule has 4 nitrogen and oxygen atoms in total. The van der Waals surface area contributed by atoms with Crippen LogP contribution in [0.25, 0.3) is 0 Å². The van der Waals surface area contributed by atoms with E-state index in [9.17, 15) is 13.2 Å². The minimum absolute atomic E-state index is 0.0513. The number of nitrogens with one attached hydrogen (secondary N) is 1. The molecule has 1 amide bonds. The zero-order valence-electron chi connectivity index (χ0n) is 9.54. The SMILES string of the molecule is CC(C)CC(=O)N[C@]1(C)CCS(=O)(=O)C1. The maximum Gasteiger partial charge on any atom is 0.220 e. The summed E-state index contributed by atoms with van der Waals surface area (Å²) >= 11 is 0. The van der Waals surface area contributed by atoms with E-state index in [1.807, 2.05) is 13.8 Å². The highest BCUT2D eigenvalue weighted by atomic mass is 32.2. The normalized spacial score (nSPS) is 29.3. The molecule has 0 saturated carbocycles. The number of rotatable bonds is 3. The fourth-order valence-corrected chi connectivity index (χ4v) is 3.96. The van der Waals surface area contributed by atoms with E-state index < -0.39 is 15.4 Å². The van der Waals surface area contributed by atoms with Crippen LogP contribution >= 0.6 is 0 Å². The minimum Gasteiger partial charge on any atom is -0.350 e. The third kappa shape index (κ3) is 3.81. The summed E-state index contributed by atoms with van der Waals surface area (Å²) in [6, 6.07) is 0. The minimum atomic E-state index is -2.94. The molecule has 0 unspecified atom stereocenters. The molecule has 1 atom stereocenters. The van der Waals surface area contributed by atoms with Gasteiger partial charge < -0.3 is 5.32 Å². The summed E-state index contributed by atoms with van der Waals surface area (Å²) in [5.74, 6) is 0.506. The Hall–Kier alpha value is -0.580. The Kier molecular flexibility index (Phi) is 3.43. The van der Waals surface area contributed by atoms with E-state index in [1.54, 1.807) is 6.92 Å². The van der Waals surface area contributed by atoms with Crippen LogP contribution in [0.3, 0.4) is 0 Å². The van der Waals surface area contributed by atoms with Crippen molar-refractivity contribution < 1.29 is 13.2 Å². The number of hydrogen-bond donors (Lipinski definition) is 1. The summed E-state index contributed by atoms with van der Waals surface area (Å²) < 4.78 is 22.6. The summed E-state index contributed by atoms with van der Waals surface area (Å²) in [6.45, 7) is 5.73. The summed E-state index contributed by atoms with van der Waals surface area (Å²) in [7, 11) is -2.94. The molecule has 1 aliphatic heterocycles. The predicted octanol–water partition coefficient (Wildman–Crippen LogP) is 0.726. The molecule has 0 radical (unpaired) electrons. The molecule has 0 aromatic heterocycles. The first-order valence-electron chi connectivity index (χ1n) is 5.24. The molecule has 0 aromatic rings. The van der Waals surface area contributed by atoms with Crippen LogP contribution in [0.15, 0.2) is 0 Å². The van der Waals surface area contributed by atoms with Crippen molar-refractivity contribution in [2.45, 2.75) is 39.2 Å². The van der Waals surface area contributed by atoms with Gasteiger partial charge in [0.25, 0.3) is 0 Å². The number of hydrogen-bond acceptors (Lipinski definition) is 3. The topological polar surface area (TPSA) is 63.2 Å². The van der Waals surface area contributed by atoms with Gasteiger partial charge in [-0.3, -0.25) is 4.79 Å². The lowest BCUT2D eigenvalue weighted by Gasteiger charge is -2.24. The van der Waals surface area contributed by atoms with Gasteiger partial charge in [-0.05, 0) is 19.3 Å². The third-order valence-corrected chi connectivity index (χ3v) is 4.44. The van der Waals surface area contributed by atoms with Crippen LogP contribution in [-0.4, -0.2) is 31.4 Å². The van der Waals surface area contributed by atoms with E-state index >= 15 is 0 Å². The highest BCUT2D eigenvalue weighted by Crippen LogP contribution is 2.23. The smallest absolute Gasteiger partial charge is 0.220 e. The van der Waals surface area contributed by atoms with E-state index in [-0.39, 0.29) is 17.4 Å². The lowest BCUT2D eigenvalue weighted by molar-refractivity contribution is -0.123. The Morgan fingerprint density at radius 1 is 1.47 bits per heavy atom. The summed E-state index contributed by atoms with van der Waals surface area (Å²) in [4.78, 5) is 11.5. The third-order valence-electron chi connectivity index (χ3n) is 2.54. The van der Waals surface area contributed by atoms with Crippen molar-refractivity contribution >= 4 is 15.7 Å². The second kappa shape index (κ2) is 4.12. The molecule has 5 heteroatoms. The molecule has 88 valence electrons. The van der Waals surface area contributed by atoms with E-state index in [2.05, 4.69) is 5.32 Å². The Labute approximate surface area is 91.4 Å². The van der Waals surface area contributed by atoms with Crippen molar-refractivity contribution in [3.05, 3.63) is 0 Å². The molecule has 0 bridgehead atoms. The molecule has 0 aromatic carbocycles. The molecular weight excluding hydrogens is 214 g/mol. The van der Waals surface area contributed by atoms with Gasteiger partial charge in [0.15, 0.2) is 9.84 Å². The molecule has 1 fully saturated rings. The van der Waals surface area contributed by atoms with Crippen molar-refractivity contribution in [2.24, 2.45) is 5.92 Å². The molecule has 1 heterocycles. The first-order chi connectivity index (χ1) is 6.72. The summed E-state index contributed by atoms with van der Waals surface area (Å²) in [6.07, 6.45) is 0.981. The first kappa shape index (κ1) is 12.5. The van der Waals surface area contributed by atoms with Crippen LogP contribution in [0.5, 0.6) is 0 Å². The van der Waals surface area contributed by atoms with Crippen molar-refractivity contribution in [2.75, 3.05) is 11.5 Å². The Morgan fingerprint density at radius 2 is 2.07 bits per heavy atom. The molecule has 0 aliphatic carbocycles. The van der Waals surface area contributed by atoms with Crippen LogP contribution in [0.4, 0.5) is 0 Å². The van der Waals surface area contributed by atoms with Crippen LogP contribution in [-0.2, 0) is 14.6 Å². The zero-order valence-corrected chi connectivity index (χ0v) is 10.4. The lowest BCUT2D eigenvalue weighted by atomic mass is 10.0. The number of sulfone groups is 1. The van der Waals surface area contributed by atoms with Crippen molar-refractivity contribution in [1.82, 2.24) is 5.32 Å².